The van der Waals surface area contributed by atoms with E-state index in [1.165, 1.54) is 0 Å². The highest BCUT2D eigenvalue weighted by atomic mass is 16.5. The molecule has 9 heteroatoms. The summed E-state index contributed by atoms with van der Waals surface area (Å²) in [5.74, 6) is -2.93. The van der Waals surface area contributed by atoms with Crippen LogP contribution in [0.4, 0.5) is 0 Å². The van der Waals surface area contributed by atoms with Gasteiger partial charge >= 0.3 is 17.9 Å². The molecule has 1 saturated carbocycles. The van der Waals surface area contributed by atoms with Gasteiger partial charge in [-0.3, -0.25) is 29.3 Å². The van der Waals surface area contributed by atoms with Crippen LogP contribution >= 0.6 is 0 Å². The molecule has 0 amide bonds. The summed E-state index contributed by atoms with van der Waals surface area (Å²) in [7, 11) is 0. The Morgan fingerprint density at radius 1 is 0.349 bits per heavy atom. The second-order valence-electron chi connectivity index (χ2n) is 15.9. The van der Waals surface area contributed by atoms with Crippen LogP contribution in [-0.2, 0) is 14.4 Å². The van der Waals surface area contributed by atoms with Crippen LogP contribution in [0.5, 0.6) is 17.2 Å². The van der Waals surface area contributed by atoms with Crippen molar-refractivity contribution in [1.82, 2.24) is 15.0 Å². The smallest absolute Gasteiger partial charge is 0.314 e. The highest BCUT2D eigenvalue weighted by Gasteiger charge is 2.41. The van der Waals surface area contributed by atoms with Crippen LogP contribution in [0, 0.1) is 17.8 Å². The van der Waals surface area contributed by atoms with E-state index in [9.17, 15) is 14.4 Å². The van der Waals surface area contributed by atoms with Crippen molar-refractivity contribution in [3.63, 3.8) is 0 Å². The van der Waals surface area contributed by atoms with Crippen molar-refractivity contribution in [3.8, 4) is 51.0 Å². The number of fused-ring (bicyclic) bond motifs is 3. The van der Waals surface area contributed by atoms with Crippen LogP contribution in [0.15, 0.2) is 182 Å². The first-order chi connectivity index (χ1) is 30.9. The van der Waals surface area contributed by atoms with Gasteiger partial charge in [0.15, 0.2) is 0 Å². The van der Waals surface area contributed by atoms with E-state index >= 15 is 0 Å². The number of pyridine rings is 3. The molecule has 63 heavy (non-hydrogen) atoms. The third-order valence-corrected chi connectivity index (χ3v) is 11.7. The molecule has 306 valence electrons. The molecule has 0 unspecified atom stereocenters. The van der Waals surface area contributed by atoms with Gasteiger partial charge in [-0.05, 0) is 126 Å². The summed E-state index contributed by atoms with van der Waals surface area (Å²) in [6, 6.07) is 51.5. The molecule has 0 atom stereocenters. The quantitative estimate of drug-likeness (QED) is 0.103. The molecule has 0 spiro atoms. The number of carbonyl (C=O) groups excluding carboxylic acids is 3. The molecule has 6 aromatic carbocycles. The summed E-state index contributed by atoms with van der Waals surface area (Å²) < 4.78 is 17.7. The zero-order valence-electron chi connectivity index (χ0n) is 34.0. The highest BCUT2D eigenvalue weighted by Crippen LogP contribution is 2.37. The van der Waals surface area contributed by atoms with Crippen LogP contribution in [0.2, 0.25) is 0 Å². The second kappa shape index (κ2) is 17.1. The monoisotopic (exact) mass is 825 g/mol. The van der Waals surface area contributed by atoms with Crippen molar-refractivity contribution in [2.45, 2.75) is 19.3 Å². The first-order valence-corrected chi connectivity index (χ1v) is 20.9. The molecule has 9 aromatic rings. The number of aromatic nitrogens is 3. The van der Waals surface area contributed by atoms with E-state index < -0.39 is 35.7 Å². The van der Waals surface area contributed by atoms with Crippen molar-refractivity contribution in [1.29, 1.82) is 0 Å². The molecule has 0 radical (unpaired) electrons. The molecule has 0 N–H and O–H groups in total. The van der Waals surface area contributed by atoms with Crippen molar-refractivity contribution < 1.29 is 28.6 Å². The minimum atomic E-state index is -0.779. The van der Waals surface area contributed by atoms with E-state index in [4.69, 9.17) is 14.2 Å². The number of carbonyl (C=O) groups is 3. The van der Waals surface area contributed by atoms with Crippen molar-refractivity contribution in [3.05, 3.63) is 182 Å². The number of rotatable bonds is 9. The second-order valence-corrected chi connectivity index (χ2v) is 15.9. The molecule has 1 aliphatic carbocycles. The van der Waals surface area contributed by atoms with E-state index in [0.717, 1.165) is 66.1 Å². The molecular formula is C54H39N3O6. The van der Waals surface area contributed by atoms with Gasteiger partial charge in [-0.2, -0.15) is 0 Å². The van der Waals surface area contributed by atoms with Crippen molar-refractivity contribution in [2.75, 3.05) is 0 Å². The fourth-order valence-corrected chi connectivity index (χ4v) is 8.30. The predicted octanol–water partition coefficient (Wildman–Crippen LogP) is 11.5. The Bertz CT molecular complexity index is 2810. The fourth-order valence-electron chi connectivity index (χ4n) is 8.30. The summed E-state index contributed by atoms with van der Waals surface area (Å²) >= 11 is 0. The van der Waals surface area contributed by atoms with Crippen molar-refractivity contribution in [2.24, 2.45) is 17.8 Å². The van der Waals surface area contributed by atoms with Gasteiger partial charge in [-0.25, -0.2) is 0 Å². The molecule has 1 aliphatic rings. The van der Waals surface area contributed by atoms with E-state index in [-0.39, 0.29) is 19.3 Å². The van der Waals surface area contributed by atoms with Crippen LogP contribution in [0.3, 0.4) is 0 Å². The number of hydrogen-bond donors (Lipinski definition) is 0. The van der Waals surface area contributed by atoms with E-state index in [1.807, 2.05) is 146 Å². The first kappa shape index (κ1) is 39.1. The minimum Gasteiger partial charge on any atom is -0.426 e. The van der Waals surface area contributed by atoms with Gasteiger partial charge in [-0.15, -0.1) is 0 Å². The molecule has 1 fully saturated rings. The lowest BCUT2D eigenvalue weighted by atomic mass is 9.75. The summed E-state index contributed by atoms with van der Waals surface area (Å²) in [6.07, 6.45) is 5.94. The molecular weight excluding hydrogens is 787 g/mol. The van der Waals surface area contributed by atoms with Gasteiger partial charge in [0.05, 0.1) is 34.8 Å². The van der Waals surface area contributed by atoms with E-state index in [2.05, 4.69) is 15.0 Å². The van der Waals surface area contributed by atoms with Crippen molar-refractivity contribution >= 4 is 50.2 Å². The van der Waals surface area contributed by atoms with Gasteiger partial charge in [0.1, 0.15) is 17.2 Å². The molecule has 0 saturated heterocycles. The average molecular weight is 826 g/mol. The lowest BCUT2D eigenvalue weighted by Crippen LogP contribution is -2.39. The first-order valence-electron chi connectivity index (χ1n) is 20.9. The Labute approximate surface area is 363 Å². The average Bonchev–Trinajstić information content (AvgIpc) is 3.34. The summed E-state index contributed by atoms with van der Waals surface area (Å²) in [5.41, 5.74) is 4.98. The largest absolute Gasteiger partial charge is 0.426 e. The lowest BCUT2D eigenvalue weighted by molar-refractivity contribution is -0.150. The fraction of sp³-hybridized carbons (Fsp3) is 0.111. The SMILES string of the molecule is O=C(Oc1ccc(-c2cc3ccccc3cn2)cc1)C1CC(C(=O)Oc2ccc(-c3cc4ccccc4cn3)cc2)CC(C(=O)Oc2ccc(-c3cc4ccccc4cn3)cc2)C1. The summed E-state index contributed by atoms with van der Waals surface area (Å²) in [6.45, 7) is 0. The van der Waals surface area contributed by atoms with Crippen LogP contribution < -0.4 is 14.2 Å². The Morgan fingerprint density at radius 2 is 0.603 bits per heavy atom. The van der Waals surface area contributed by atoms with Crippen LogP contribution in [0.1, 0.15) is 19.3 Å². The maximum Gasteiger partial charge on any atom is 0.314 e. The third-order valence-electron chi connectivity index (χ3n) is 11.7. The van der Waals surface area contributed by atoms with Gasteiger partial charge in [0.25, 0.3) is 0 Å². The standard InChI is InChI=1S/C54H39N3O6/c58-52(61-46-19-13-34(14-20-46)49-28-37-7-1-4-10-40(37)31-55-49)43-25-44(53(59)62-47-21-15-35(16-22-47)50-29-38-8-2-5-11-41(38)32-56-50)27-45(26-43)54(60)63-48-23-17-36(18-24-48)51-30-39-9-3-6-12-42(39)33-57-51/h1-24,28-33,43-45H,25-27H2. The number of esters is 3. The number of hydrogen-bond acceptors (Lipinski definition) is 9. The lowest BCUT2D eigenvalue weighted by Gasteiger charge is -2.31. The third kappa shape index (κ3) is 8.63. The zero-order valence-corrected chi connectivity index (χ0v) is 34.0. The minimum absolute atomic E-state index is 0.146. The van der Waals surface area contributed by atoms with E-state index in [1.54, 1.807) is 36.4 Å². The van der Waals surface area contributed by atoms with Gasteiger partial charge < -0.3 is 14.2 Å². The Morgan fingerprint density at radius 3 is 0.873 bits per heavy atom. The topological polar surface area (TPSA) is 118 Å². The van der Waals surface area contributed by atoms with E-state index in [0.29, 0.717) is 17.2 Å². The summed E-state index contributed by atoms with van der Waals surface area (Å²) in [4.78, 5) is 55.5. The molecule has 10 rings (SSSR count). The van der Waals surface area contributed by atoms with Gasteiger partial charge in [0.2, 0.25) is 0 Å². The molecule has 0 bridgehead atoms. The Kier molecular flexibility index (Phi) is 10.6. The molecule has 3 heterocycles. The predicted molar refractivity (Wildman–Crippen MR) is 243 cm³/mol. The number of nitrogens with zero attached hydrogens (tertiary/aromatic N) is 3. The van der Waals surface area contributed by atoms with Crippen LogP contribution in [0.25, 0.3) is 66.1 Å². The Hall–Kier alpha value is -8.04. The molecule has 9 nitrogen and oxygen atoms in total. The summed E-state index contributed by atoms with van der Waals surface area (Å²) in [5, 5.41) is 6.35. The Balaban J connectivity index is 0.850. The maximum atomic E-state index is 13.9. The molecule has 3 aromatic heterocycles. The number of ether oxygens (including phenoxy) is 3. The zero-order chi connectivity index (χ0) is 42.7. The van der Waals surface area contributed by atoms with Gasteiger partial charge in [-0.1, -0.05) is 72.8 Å². The molecule has 0 aliphatic heterocycles. The maximum absolute atomic E-state index is 13.9. The van der Waals surface area contributed by atoms with Gasteiger partial charge in [0, 0.05) is 51.4 Å². The van der Waals surface area contributed by atoms with Crippen LogP contribution in [-0.4, -0.2) is 32.9 Å². The number of benzene rings is 6. The normalized spacial score (nSPS) is 16.1. The highest BCUT2D eigenvalue weighted by molar-refractivity contribution is 5.88.